The van der Waals surface area contributed by atoms with Crippen molar-refractivity contribution in [2.24, 2.45) is 5.92 Å². The quantitative estimate of drug-likeness (QED) is 0.566. The Balaban J connectivity index is 2.23. The Kier molecular flexibility index (Phi) is 4.18. The second-order valence-electron chi connectivity index (χ2n) is 3.45. The summed E-state index contributed by atoms with van der Waals surface area (Å²) >= 11 is 0. The summed E-state index contributed by atoms with van der Waals surface area (Å²) in [5.41, 5.74) is 0. The normalized spacial score (nSPS) is 22.8. The molecule has 2 N–H and O–H groups in total. The second kappa shape index (κ2) is 5.19. The number of amides is 1. The summed E-state index contributed by atoms with van der Waals surface area (Å²) < 4.78 is 0. The second-order valence-corrected chi connectivity index (χ2v) is 3.45. The van der Waals surface area contributed by atoms with Crippen LogP contribution in [0.5, 0.6) is 0 Å². The van der Waals surface area contributed by atoms with Crippen molar-refractivity contribution in [2.75, 3.05) is 32.8 Å². The first-order chi connectivity index (χ1) is 6.27. The summed E-state index contributed by atoms with van der Waals surface area (Å²) in [4.78, 5) is 13.1. The van der Waals surface area contributed by atoms with Crippen molar-refractivity contribution in [2.45, 2.75) is 13.3 Å². The summed E-state index contributed by atoms with van der Waals surface area (Å²) in [5.74, 6) is 0.339. The van der Waals surface area contributed by atoms with Gasteiger partial charge in [-0.2, -0.15) is 0 Å². The lowest BCUT2D eigenvalue weighted by atomic mass is 10.1. The minimum Gasteiger partial charge on any atom is -0.396 e. The van der Waals surface area contributed by atoms with Crippen molar-refractivity contribution >= 4 is 5.91 Å². The van der Waals surface area contributed by atoms with Gasteiger partial charge in [0.15, 0.2) is 0 Å². The lowest BCUT2D eigenvalue weighted by Gasteiger charge is -2.15. The predicted molar refractivity (Wildman–Crippen MR) is 50.3 cm³/mol. The largest absolute Gasteiger partial charge is 0.396 e. The smallest absolute Gasteiger partial charge is 0.223 e. The first-order valence-corrected chi connectivity index (χ1v) is 4.87. The summed E-state index contributed by atoms with van der Waals surface area (Å²) in [6, 6.07) is 0. The van der Waals surface area contributed by atoms with Crippen molar-refractivity contribution in [3.05, 3.63) is 0 Å². The first-order valence-electron chi connectivity index (χ1n) is 4.87. The number of rotatable bonds is 5. The van der Waals surface area contributed by atoms with Crippen LogP contribution in [0, 0.1) is 5.92 Å². The fourth-order valence-corrected chi connectivity index (χ4v) is 1.58. The van der Waals surface area contributed by atoms with Crippen LogP contribution in [-0.4, -0.2) is 48.7 Å². The van der Waals surface area contributed by atoms with Gasteiger partial charge in [0.05, 0.1) is 0 Å². The van der Waals surface area contributed by atoms with Gasteiger partial charge in [0.1, 0.15) is 0 Å². The van der Waals surface area contributed by atoms with E-state index >= 15 is 0 Å². The average Bonchev–Trinajstić information content (AvgIpc) is 2.48. The van der Waals surface area contributed by atoms with E-state index in [9.17, 15) is 4.79 Å². The van der Waals surface area contributed by atoms with Gasteiger partial charge in [0.2, 0.25) is 5.91 Å². The number of nitrogens with zero attached hydrogens (tertiary/aromatic N) is 1. The summed E-state index contributed by atoms with van der Waals surface area (Å²) in [6.45, 7) is 5.45. The zero-order chi connectivity index (χ0) is 9.68. The molecule has 0 saturated carbocycles. The van der Waals surface area contributed by atoms with Crippen LogP contribution in [0.15, 0.2) is 0 Å². The highest BCUT2D eigenvalue weighted by atomic mass is 16.3. The maximum Gasteiger partial charge on any atom is 0.223 e. The van der Waals surface area contributed by atoms with E-state index in [2.05, 4.69) is 5.32 Å². The minimum atomic E-state index is 0.128. The van der Waals surface area contributed by atoms with Crippen molar-refractivity contribution in [1.82, 2.24) is 10.2 Å². The highest BCUT2D eigenvalue weighted by Crippen LogP contribution is 2.15. The summed E-state index contributed by atoms with van der Waals surface area (Å²) in [6.07, 6.45) is 0.516. The van der Waals surface area contributed by atoms with Crippen LogP contribution in [0.25, 0.3) is 0 Å². The molecule has 0 spiro atoms. The lowest BCUT2D eigenvalue weighted by molar-refractivity contribution is -0.127. The molecule has 4 heteroatoms. The Morgan fingerprint density at radius 1 is 1.69 bits per heavy atom. The molecule has 1 fully saturated rings. The third kappa shape index (κ3) is 2.97. The van der Waals surface area contributed by atoms with E-state index in [1.165, 1.54) is 0 Å². The molecular weight excluding hydrogens is 168 g/mol. The Bertz CT molecular complexity index is 173. The average molecular weight is 186 g/mol. The molecule has 76 valence electrons. The van der Waals surface area contributed by atoms with Crippen LogP contribution in [0.2, 0.25) is 0 Å². The van der Waals surface area contributed by atoms with Crippen molar-refractivity contribution < 1.29 is 9.90 Å². The molecule has 0 aliphatic carbocycles. The van der Waals surface area contributed by atoms with Gasteiger partial charge >= 0.3 is 0 Å². The molecule has 13 heavy (non-hydrogen) atoms. The van der Waals surface area contributed by atoms with E-state index in [4.69, 9.17) is 5.11 Å². The van der Waals surface area contributed by atoms with Crippen LogP contribution < -0.4 is 5.32 Å². The molecule has 1 atom stereocenters. The number of aliphatic hydroxyl groups is 1. The van der Waals surface area contributed by atoms with Gasteiger partial charge in [0, 0.05) is 38.6 Å². The standard InChI is InChI=1S/C9H18N2O2/c1-2-10-3-4-11-6-8(7-12)5-9(11)13/h8,10,12H,2-7H2,1H3. The number of likely N-dealkylation sites (N-methyl/N-ethyl adjacent to an activating group) is 1. The topological polar surface area (TPSA) is 52.6 Å². The van der Waals surface area contributed by atoms with Gasteiger partial charge in [-0.1, -0.05) is 6.92 Å². The van der Waals surface area contributed by atoms with Gasteiger partial charge in [-0.15, -0.1) is 0 Å². The zero-order valence-electron chi connectivity index (χ0n) is 8.12. The Labute approximate surface area is 78.9 Å². The SMILES string of the molecule is CCNCCN1CC(CO)CC1=O. The third-order valence-electron chi connectivity index (χ3n) is 2.36. The Morgan fingerprint density at radius 3 is 3.00 bits per heavy atom. The van der Waals surface area contributed by atoms with Crippen LogP contribution in [0.4, 0.5) is 0 Å². The number of carbonyl (C=O) groups is 1. The molecule has 1 amide bonds. The molecule has 1 rings (SSSR count). The maximum absolute atomic E-state index is 11.3. The van der Waals surface area contributed by atoms with E-state index in [1.807, 2.05) is 11.8 Å². The molecule has 1 heterocycles. The number of likely N-dealkylation sites (tertiary alicyclic amines) is 1. The van der Waals surface area contributed by atoms with E-state index < -0.39 is 0 Å². The predicted octanol–water partition coefficient (Wildman–Crippen LogP) is -0.563. The zero-order valence-corrected chi connectivity index (χ0v) is 8.12. The molecule has 1 aliphatic heterocycles. The summed E-state index contributed by atoms with van der Waals surface area (Å²) in [5, 5.41) is 12.1. The van der Waals surface area contributed by atoms with E-state index in [-0.39, 0.29) is 18.4 Å². The molecule has 4 nitrogen and oxygen atoms in total. The Hall–Kier alpha value is -0.610. The van der Waals surface area contributed by atoms with Crippen molar-refractivity contribution in [3.63, 3.8) is 0 Å². The minimum absolute atomic E-state index is 0.128. The van der Waals surface area contributed by atoms with Gasteiger partial charge in [-0.3, -0.25) is 4.79 Å². The number of hydrogen-bond donors (Lipinski definition) is 2. The molecule has 0 aromatic rings. The molecule has 0 bridgehead atoms. The third-order valence-corrected chi connectivity index (χ3v) is 2.36. The molecule has 1 unspecified atom stereocenters. The fraction of sp³-hybridized carbons (Fsp3) is 0.889. The van der Waals surface area contributed by atoms with Gasteiger partial charge in [-0.25, -0.2) is 0 Å². The number of carbonyl (C=O) groups excluding carboxylic acids is 1. The molecule has 0 aromatic carbocycles. The highest BCUT2D eigenvalue weighted by molar-refractivity contribution is 5.78. The number of aliphatic hydroxyl groups excluding tert-OH is 1. The van der Waals surface area contributed by atoms with Gasteiger partial charge in [0.25, 0.3) is 0 Å². The molecule has 1 aliphatic rings. The van der Waals surface area contributed by atoms with Crippen molar-refractivity contribution in [3.8, 4) is 0 Å². The maximum atomic E-state index is 11.3. The van der Waals surface area contributed by atoms with Gasteiger partial charge < -0.3 is 15.3 Å². The molecule has 0 radical (unpaired) electrons. The van der Waals surface area contributed by atoms with Crippen LogP contribution in [0.3, 0.4) is 0 Å². The molecule has 0 aromatic heterocycles. The van der Waals surface area contributed by atoms with Crippen LogP contribution in [0.1, 0.15) is 13.3 Å². The fourth-order valence-electron chi connectivity index (χ4n) is 1.58. The van der Waals surface area contributed by atoms with E-state index in [0.29, 0.717) is 6.42 Å². The lowest BCUT2D eigenvalue weighted by Crippen LogP contribution is -2.33. The van der Waals surface area contributed by atoms with Crippen molar-refractivity contribution in [1.29, 1.82) is 0 Å². The number of nitrogens with one attached hydrogen (secondary N) is 1. The van der Waals surface area contributed by atoms with Crippen LogP contribution in [-0.2, 0) is 4.79 Å². The van der Waals surface area contributed by atoms with Gasteiger partial charge in [-0.05, 0) is 6.54 Å². The van der Waals surface area contributed by atoms with E-state index in [0.717, 1.165) is 26.2 Å². The molecular formula is C9H18N2O2. The molecule has 1 saturated heterocycles. The summed E-state index contributed by atoms with van der Waals surface area (Å²) in [7, 11) is 0. The number of hydrogen-bond acceptors (Lipinski definition) is 3. The first kappa shape index (κ1) is 10.5. The highest BCUT2D eigenvalue weighted by Gasteiger charge is 2.28. The van der Waals surface area contributed by atoms with Crippen LogP contribution >= 0.6 is 0 Å². The van der Waals surface area contributed by atoms with E-state index in [1.54, 1.807) is 0 Å². The Morgan fingerprint density at radius 2 is 2.46 bits per heavy atom. The monoisotopic (exact) mass is 186 g/mol.